The predicted molar refractivity (Wildman–Crippen MR) is 48.6 cm³/mol. The van der Waals surface area contributed by atoms with Gasteiger partial charge in [0.15, 0.2) is 0 Å². The summed E-state index contributed by atoms with van der Waals surface area (Å²) < 4.78 is 26.7. The van der Waals surface area contributed by atoms with Crippen LogP contribution in [0.25, 0.3) is 10.9 Å². The van der Waals surface area contributed by atoms with Crippen molar-refractivity contribution < 1.29 is 18.7 Å². The lowest BCUT2D eigenvalue weighted by atomic mass is 10.1. The molecule has 0 atom stereocenters. The van der Waals surface area contributed by atoms with Gasteiger partial charge in [-0.05, 0) is 12.1 Å². The quantitative estimate of drug-likeness (QED) is 0.783. The van der Waals surface area contributed by atoms with E-state index >= 15 is 0 Å². The van der Waals surface area contributed by atoms with Crippen LogP contribution in [-0.2, 0) is 0 Å². The van der Waals surface area contributed by atoms with E-state index in [1.165, 1.54) is 18.3 Å². The zero-order chi connectivity index (χ0) is 11.0. The average molecular weight is 209 g/mol. The molecule has 0 saturated heterocycles. The van der Waals surface area contributed by atoms with Gasteiger partial charge in [0, 0.05) is 17.6 Å². The molecule has 1 heterocycles. The Morgan fingerprint density at radius 3 is 2.80 bits per heavy atom. The maximum Gasteiger partial charge on any atom is 0.341 e. The summed E-state index contributed by atoms with van der Waals surface area (Å²) in [6, 6.07) is 3.71. The zero-order valence-corrected chi connectivity index (χ0v) is 7.37. The second-order valence-corrected chi connectivity index (χ2v) is 2.92. The lowest BCUT2D eigenvalue weighted by molar-refractivity contribution is 0.0687. The number of fused-ring (bicyclic) bond motifs is 1. The topological polar surface area (TPSA) is 50.2 Å². The summed E-state index contributed by atoms with van der Waals surface area (Å²) in [5.41, 5.74) is -0.854. The first kappa shape index (κ1) is 9.51. The van der Waals surface area contributed by atoms with Crippen LogP contribution in [0.3, 0.4) is 0 Å². The number of hydrogen-bond acceptors (Lipinski definition) is 2. The zero-order valence-electron chi connectivity index (χ0n) is 7.37. The fourth-order valence-electron chi connectivity index (χ4n) is 1.35. The number of nitrogens with zero attached hydrogens (tertiary/aromatic N) is 1. The standard InChI is InChI=1S/C10H5F2NO2/c11-6-4-7-5(2-1-3-13-7)9(12)8(6)10(14)15/h1-4H,(H,14,15). The number of carboxylic acid groups (broad SMARTS) is 1. The van der Waals surface area contributed by atoms with E-state index in [2.05, 4.69) is 4.98 Å². The molecule has 5 heteroatoms. The molecule has 0 amide bonds. The van der Waals surface area contributed by atoms with Crippen LogP contribution >= 0.6 is 0 Å². The molecule has 1 aromatic heterocycles. The molecule has 76 valence electrons. The molecule has 1 N–H and O–H groups in total. The predicted octanol–water partition coefficient (Wildman–Crippen LogP) is 2.21. The van der Waals surface area contributed by atoms with E-state index in [9.17, 15) is 13.6 Å². The van der Waals surface area contributed by atoms with Gasteiger partial charge in [-0.1, -0.05) is 0 Å². The largest absolute Gasteiger partial charge is 0.477 e. The van der Waals surface area contributed by atoms with Crippen molar-refractivity contribution in [2.45, 2.75) is 0 Å². The molecule has 0 aliphatic heterocycles. The highest BCUT2D eigenvalue weighted by Crippen LogP contribution is 2.22. The third-order valence-electron chi connectivity index (χ3n) is 2.01. The molecule has 0 aliphatic carbocycles. The van der Waals surface area contributed by atoms with E-state index in [0.717, 1.165) is 6.07 Å². The van der Waals surface area contributed by atoms with Crippen LogP contribution in [0.5, 0.6) is 0 Å². The third-order valence-corrected chi connectivity index (χ3v) is 2.01. The summed E-state index contributed by atoms with van der Waals surface area (Å²) in [4.78, 5) is 14.3. The highest BCUT2D eigenvalue weighted by atomic mass is 19.1. The van der Waals surface area contributed by atoms with Crippen molar-refractivity contribution in [3.05, 3.63) is 41.6 Å². The molecule has 2 rings (SSSR count). The van der Waals surface area contributed by atoms with E-state index < -0.39 is 23.2 Å². The van der Waals surface area contributed by atoms with Crippen molar-refractivity contribution in [2.75, 3.05) is 0 Å². The summed E-state index contributed by atoms with van der Waals surface area (Å²) in [5.74, 6) is -3.84. The highest BCUT2D eigenvalue weighted by molar-refractivity contribution is 5.94. The number of hydrogen-bond donors (Lipinski definition) is 1. The number of rotatable bonds is 1. The average Bonchev–Trinajstić information content (AvgIpc) is 2.17. The number of aromatic carboxylic acids is 1. The van der Waals surface area contributed by atoms with E-state index in [-0.39, 0.29) is 10.9 Å². The molecule has 0 spiro atoms. The third kappa shape index (κ3) is 1.41. The second-order valence-electron chi connectivity index (χ2n) is 2.92. The monoisotopic (exact) mass is 209 g/mol. The molecule has 0 bridgehead atoms. The summed E-state index contributed by atoms with van der Waals surface area (Å²) in [7, 11) is 0. The maximum atomic E-state index is 13.5. The van der Waals surface area contributed by atoms with Gasteiger partial charge in [-0.3, -0.25) is 4.98 Å². The van der Waals surface area contributed by atoms with Crippen LogP contribution in [0.4, 0.5) is 8.78 Å². The highest BCUT2D eigenvalue weighted by Gasteiger charge is 2.19. The van der Waals surface area contributed by atoms with Crippen LogP contribution in [0.2, 0.25) is 0 Å². The van der Waals surface area contributed by atoms with E-state index in [0.29, 0.717) is 0 Å². The lowest BCUT2D eigenvalue weighted by Gasteiger charge is -2.03. The first-order chi connectivity index (χ1) is 7.11. The Morgan fingerprint density at radius 2 is 2.13 bits per heavy atom. The van der Waals surface area contributed by atoms with E-state index in [1.807, 2.05) is 0 Å². The summed E-state index contributed by atoms with van der Waals surface area (Å²) in [5, 5.41) is 8.60. The van der Waals surface area contributed by atoms with Crippen LogP contribution in [0, 0.1) is 11.6 Å². The van der Waals surface area contributed by atoms with Crippen LogP contribution in [0.1, 0.15) is 10.4 Å². The molecule has 0 aliphatic rings. The molecule has 2 aromatic rings. The molecular weight excluding hydrogens is 204 g/mol. The van der Waals surface area contributed by atoms with Crippen molar-refractivity contribution >= 4 is 16.9 Å². The Hall–Kier alpha value is -2.04. The molecule has 0 radical (unpaired) electrons. The minimum absolute atomic E-state index is 0.00343. The van der Waals surface area contributed by atoms with Gasteiger partial charge in [-0.15, -0.1) is 0 Å². The van der Waals surface area contributed by atoms with Gasteiger partial charge in [0.05, 0.1) is 5.52 Å². The second kappa shape index (κ2) is 3.27. The van der Waals surface area contributed by atoms with Crippen molar-refractivity contribution in [1.82, 2.24) is 4.98 Å². The van der Waals surface area contributed by atoms with Gasteiger partial charge in [0.1, 0.15) is 17.2 Å². The summed E-state index contributed by atoms with van der Waals surface area (Å²) in [6.07, 6.45) is 1.38. The first-order valence-corrected chi connectivity index (χ1v) is 4.07. The lowest BCUT2D eigenvalue weighted by Crippen LogP contribution is -2.05. The Bertz CT molecular complexity index is 554. The van der Waals surface area contributed by atoms with Crippen LogP contribution in [0.15, 0.2) is 24.4 Å². The van der Waals surface area contributed by atoms with Crippen molar-refractivity contribution in [3.8, 4) is 0 Å². The van der Waals surface area contributed by atoms with Gasteiger partial charge >= 0.3 is 5.97 Å². The molecule has 3 nitrogen and oxygen atoms in total. The number of carbonyl (C=O) groups is 1. The summed E-state index contributed by atoms with van der Waals surface area (Å²) in [6.45, 7) is 0. The minimum Gasteiger partial charge on any atom is -0.477 e. The fourth-order valence-corrected chi connectivity index (χ4v) is 1.35. The van der Waals surface area contributed by atoms with Gasteiger partial charge in [-0.25, -0.2) is 13.6 Å². The molecular formula is C10H5F2NO2. The Labute approximate surface area is 83.0 Å². The first-order valence-electron chi connectivity index (χ1n) is 4.07. The molecule has 0 saturated carbocycles. The van der Waals surface area contributed by atoms with Gasteiger partial charge in [0.25, 0.3) is 0 Å². The number of aromatic nitrogens is 1. The van der Waals surface area contributed by atoms with Gasteiger partial charge in [0.2, 0.25) is 0 Å². The van der Waals surface area contributed by atoms with E-state index in [1.54, 1.807) is 0 Å². The Balaban J connectivity index is 2.90. The molecule has 1 aromatic carbocycles. The fraction of sp³-hybridized carbons (Fsp3) is 0. The Morgan fingerprint density at radius 1 is 1.40 bits per heavy atom. The number of pyridine rings is 1. The molecule has 15 heavy (non-hydrogen) atoms. The van der Waals surface area contributed by atoms with E-state index in [4.69, 9.17) is 5.11 Å². The smallest absolute Gasteiger partial charge is 0.341 e. The van der Waals surface area contributed by atoms with Crippen molar-refractivity contribution in [2.24, 2.45) is 0 Å². The normalized spacial score (nSPS) is 10.5. The van der Waals surface area contributed by atoms with Crippen molar-refractivity contribution in [1.29, 1.82) is 0 Å². The maximum absolute atomic E-state index is 13.5. The van der Waals surface area contributed by atoms with Gasteiger partial charge in [-0.2, -0.15) is 0 Å². The number of halogens is 2. The number of benzene rings is 1. The minimum atomic E-state index is -1.63. The summed E-state index contributed by atoms with van der Waals surface area (Å²) >= 11 is 0. The van der Waals surface area contributed by atoms with Crippen LogP contribution in [-0.4, -0.2) is 16.1 Å². The van der Waals surface area contributed by atoms with Gasteiger partial charge < -0.3 is 5.11 Å². The molecule has 0 unspecified atom stereocenters. The number of carboxylic acids is 1. The van der Waals surface area contributed by atoms with Crippen LogP contribution < -0.4 is 0 Å². The Kier molecular flexibility index (Phi) is 2.07. The van der Waals surface area contributed by atoms with Crippen molar-refractivity contribution in [3.63, 3.8) is 0 Å². The molecule has 0 fully saturated rings. The SMILES string of the molecule is O=C(O)c1c(F)cc2ncccc2c1F.